The van der Waals surface area contributed by atoms with E-state index < -0.39 is 0 Å². The van der Waals surface area contributed by atoms with Crippen molar-refractivity contribution in [1.82, 2.24) is 24.1 Å². The summed E-state index contributed by atoms with van der Waals surface area (Å²) in [4.78, 5) is 24.0. The summed E-state index contributed by atoms with van der Waals surface area (Å²) in [7, 11) is 0. The van der Waals surface area contributed by atoms with Gasteiger partial charge in [0.1, 0.15) is 23.2 Å². The molecule has 1 aliphatic heterocycles. The van der Waals surface area contributed by atoms with Crippen LogP contribution in [0.25, 0.3) is 11.2 Å². The van der Waals surface area contributed by atoms with Gasteiger partial charge < -0.3 is 10.6 Å². The normalized spacial score (nSPS) is 17.4. The number of aryl methyl sites for hydroxylation is 1. The summed E-state index contributed by atoms with van der Waals surface area (Å²) in [5, 5.41) is 24.0. The Bertz CT molecular complexity index is 1540. The van der Waals surface area contributed by atoms with Crippen molar-refractivity contribution in [3.63, 3.8) is 0 Å². The van der Waals surface area contributed by atoms with Crippen LogP contribution in [0.15, 0.2) is 47.4 Å². The van der Waals surface area contributed by atoms with Gasteiger partial charge >= 0.3 is 0 Å². The Balaban J connectivity index is 1.78. The SMILES string of the molecule is Cc1nc(N)nc(N2C[C@H](C)[C@H]2c2nn3ccc(C#N)c3c(=O)n2-c2ccccc2)c1C#N. The van der Waals surface area contributed by atoms with Gasteiger partial charge in [0.2, 0.25) is 5.95 Å². The van der Waals surface area contributed by atoms with Crippen molar-refractivity contribution in [1.29, 1.82) is 10.5 Å². The molecule has 10 nitrogen and oxygen atoms in total. The first-order valence-corrected chi connectivity index (χ1v) is 10.3. The van der Waals surface area contributed by atoms with E-state index in [9.17, 15) is 15.3 Å². The summed E-state index contributed by atoms with van der Waals surface area (Å²) >= 11 is 0. The zero-order valence-electron chi connectivity index (χ0n) is 18.0. The fourth-order valence-corrected chi connectivity index (χ4v) is 4.41. The van der Waals surface area contributed by atoms with Gasteiger partial charge in [0, 0.05) is 18.7 Å². The predicted octanol–water partition coefficient (Wildman–Crippen LogP) is 2.11. The summed E-state index contributed by atoms with van der Waals surface area (Å²) in [6.45, 7) is 4.37. The molecule has 3 aromatic heterocycles. The summed E-state index contributed by atoms with van der Waals surface area (Å²) in [6, 6.07) is 14.6. The van der Waals surface area contributed by atoms with E-state index in [-0.39, 0.29) is 34.5 Å². The van der Waals surface area contributed by atoms with Gasteiger partial charge in [-0.3, -0.25) is 9.36 Å². The second kappa shape index (κ2) is 7.46. The molecule has 10 heteroatoms. The van der Waals surface area contributed by atoms with Gasteiger partial charge in [-0.05, 0) is 25.1 Å². The highest BCUT2D eigenvalue weighted by Crippen LogP contribution is 2.42. The number of rotatable bonds is 3. The number of hydrogen-bond donors (Lipinski definition) is 1. The molecule has 4 aromatic rings. The second-order valence-corrected chi connectivity index (χ2v) is 8.02. The number of hydrogen-bond acceptors (Lipinski definition) is 8. The van der Waals surface area contributed by atoms with E-state index in [0.29, 0.717) is 35.1 Å². The molecule has 4 heterocycles. The van der Waals surface area contributed by atoms with Gasteiger partial charge in [-0.2, -0.15) is 20.6 Å². The lowest BCUT2D eigenvalue weighted by molar-refractivity contribution is 0.300. The highest BCUT2D eigenvalue weighted by molar-refractivity contribution is 5.63. The van der Waals surface area contributed by atoms with Gasteiger partial charge in [0.25, 0.3) is 5.56 Å². The first-order chi connectivity index (χ1) is 15.9. The van der Waals surface area contributed by atoms with E-state index >= 15 is 0 Å². The van der Waals surface area contributed by atoms with Crippen LogP contribution in [-0.4, -0.2) is 30.7 Å². The third-order valence-corrected chi connectivity index (χ3v) is 5.94. The van der Waals surface area contributed by atoms with Gasteiger partial charge in [0.15, 0.2) is 11.6 Å². The van der Waals surface area contributed by atoms with Crippen LogP contribution >= 0.6 is 0 Å². The van der Waals surface area contributed by atoms with Crippen LogP contribution < -0.4 is 16.2 Å². The van der Waals surface area contributed by atoms with E-state index in [1.165, 1.54) is 9.08 Å². The van der Waals surface area contributed by atoms with E-state index in [0.717, 1.165) is 0 Å². The second-order valence-electron chi connectivity index (χ2n) is 8.02. The van der Waals surface area contributed by atoms with Gasteiger partial charge in [-0.1, -0.05) is 25.1 Å². The first kappa shape index (κ1) is 20.2. The number of para-hydroxylation sites is 1. The van der Waals surface area contributed by atoms with Gasteiger partial charge in [-0.15, -0.1) is 0 Å². The number of nitriles is 2. The quantitative estimate of drug-likeness (QED) is 0.513. The number of aromatic nitrogens is 5. The lowest BCUT2D eigenvalue weighted by atomic mass is 9.88. The molecule has 0 amide bonds. The van der Waals surface area contributed by atoms with Crippen LogP contribution in [0.4, 0.5) is 11.8 Å². The van der Waals surface area contributed by atoms with Crippen molar-refractivity contribution >= 4 is 17.3 Å². The predicted molar refractivity (Wildman–Crippen MR) is 121 cm³/mol. The lowest BCUT2D eigenvalue weighted by Crippen LogP contribution is -2.52. The number of fused-ring (bicyclic) bond motifs is 1. The van der Waals surface area contributed by atoms with Crippen LogP contribution in [0, 0.1) is 35.5 Å². The maximum absolute atomic E-state index is 13.7. The molecule has 0 bridgehead atoms. The number of nitrogens with two attached hydrogens (primary N) is 1. The lowest BCUT2D eigenvalue weighted by Gasteiger charge is -2.47. The minimum atomic E-state index is -0.351. The number of benzene rings is 1. The first-order valence-electron chi connectivity index (χ1n) is 10.3. The monoisotopic (exact) mass is 437 g/mol. The molecule has 1 aliphatic rings. The van der Waals surface area contributed by atoms with Crippen molar-refractivity contribution < 1.29 is 0 Å². The molecule has 33 heavy (non-hydrogen) atoms. The summed E-state index contributed by atoms with van der Waals surface area (Å²) in [5.74, 6) is 1.09. The van der Waals surface area contributed by atoms with Crippen molar-refractivity contribution in [2.75, 3.05) is 17.2 Å². The summed E-state index contributed by atoms with van der Waals surface area (Å²) in [5.41, 5.74) is 7.48. The molecular formula is C23H19N9O. The largest absolute Gasteiger partial charge is 0.368 e. The fourth-order valence-electron chi connectivity index (χ4n) is 4.41. The zero-order chi connectivity index (χ0) is 23.3. The highest BCUT2D eigenvalue weighted by atomic mass is 16.1. The minimum absolute atomic E-state index is 0.0766. The molecule has 2 atom stereocenters. The molecule has 0 unspecified atom stereocenters. The Labute approximate surface area is 188 Å². The average Bonchev–Trinajstić information content (AvgIpc) is 3.21. The molecule has 0 aliphatic carbocycles. The van der Waals surface area contributed by atoms with Crippen molar-refractivity contribution in [2.24, 2.45) is 5.92 Å². The van der Waals surface area contributed by atoms with Gasteiger partial charge in [-0.25, -0.2) is 9.50 Å². The van der Waals surface area contributed by atoms with E-state index in [1.807, 2.05) is 42.2 Å². The standard InChI is InChI=1S/C23H19N9O/c1-13-12-30(20-17(11-25)14(2)27-23(26)28-20)18(13)21-29-31-9-8-15(10-24)19(31)22(33)32(21)16-6-4-3-5-7-16/h3-9,13,18H,12H2,1-2H3,(H2,26,27,28)/t13-,18-/m0/s1. The topological polar surface area (TPSA) is 142 Å². The van der Waals surface area contributed by atoms with Crippen LogP contribution in [0.3, 0.4) is 0 Å². The van der Waals surface area contributed by atoms with Crippen molar-refractivity contribution in [3.8, 4) is 17.8 Å². The molecular weight excluding hydrogens is 418 g/mol. The molecule has 0 saturated carbocycles. The molecule has 1 fully saturated rings. The molecule has 2 N–H and O–H groups in total. The maximum Gasteiger partial charge on any atom is 0.283 e. The zero-order valence-corrected chi connectivity index (χ0v) is 18.0. The molecule has 162 valence electrons. The van der Waals surface area contributed by atoms with Crippen LogP contribution in [0.2, 0.25) is 0 Å². The Morgan fingerprint density at radius 1 is 1.12 bits per heavy atom. The van der Waals surface area contributed by atoms with Crippen LogP contribution in [0.1, 0.15) is 35.6 Å². The Morgan fingerprint density at radius 2 is 1.88 bits per heavy atom. The summed E-state index contributed by atoms with van der Waals surface area (Å²) < 4.78 is 2.98. The third-order valence-electron chi connectivity index (χ3n) is 5.94. The summed E-state index contributed by atoms with van der Waals surface area (Å²) in [6.07, 6.45) is 1.61. The van der Waals surface area contributed by atoms with Crippen molar-refractivity contribution in [2.45, 2.75) is 19.9 Å². The smallest absolute Gasteiger partial charge is 0.283 e. The van der Waals surface area contributed by atoms with Crippen LogP contribution in [0.5, 0.6) is 0 Å². The molecule has 1 saturated heterocycles. The van der Waals surface area contributed by atoms with Crippen LogP contribution in [-0.2, 0) is 0 Å². The van der Waals surface area contributed by atoms with E-state index in [1.54, 1.807) is 19.2 Å². The number of nitrogen functional groups attached to an aromatic ring is 1. The highest BCUT2D eigenvalue weighted by Gasteiger charge is 2.43. The van der Waals surface area contributed by atoms with E-state index in [4.69, 9.17) is 10.8 Å². The molecule has 1 aromatic carbocycles. The molecule has 0 radical (unpaired) electrons. The third kappa shape index (κ3) is 3.00. The minimum Gasteiger partial charge on any atom is -0.368 e. The molecule has 5 rings (SSSR count). The Kier molecular flexibility index (Phi) is 4.57. The maximum atomic E-state index is 13.7. The average molecular weight is 437 g/mol. The van der Waals surface area contributed by atoms with Crippen molar-refractivity contribution in [3.05, 3.63) is 75.6 Å². The Hall–Kier alpha value is -4.70. The number of nitrogens with zero attached hydrogens (tertiary/aromatic N) is 8. The fraction of sp³-hybridized carbons (Fsp3) is 0.217. The van der Waals surface area contributed by atoms with Gasteiger partial charge in [0.05, 0.1) is 23.0 Å². The number of anilines is 2. The Morgan fingerprint density at radius 3 is 2.55 bits per heavy atom. The van der Waals surface area contributed by atoms with E-state index in [2.05, 4.69) is 22.1 Å². The molecule has 0 spiro atoms.